The van der Waals surface area contributed by atoms with Crippen LogP contribution in [0.4, 0.5) is 0 Å². The molecule has 124 valence electrons. The van der Waals surface area contributed by atoms with E-state index in [1.807, 2.05) is 6.92 Å². The summed E-state index contributed by atoms with van der Waals surface area (Å²) in [5.41, 5.74) is 0. The maximum atomic E-state index is 11.7. The first-order valence-corrected chi connectivity index (χ1v) is 9.24. The number of rotatable bonds is 16. The van der Waals surface area contributed by atoms with Gasteiger partial charge in [0.2, 0.25) is 0 Å². The molecule has 0 aromatic heterocycles. The second-order valence-corrected chi connectivity index (χ2v) is 6.22. The van der Waals surface area contributed by atoms with Gasteiger partial charge in [-0.15, -0.1) is 0 Å². The molecule has 0 aliphatic rings. The minimum atomic E-state index is 0.388. The Labute approximate surface area is 132 Å². The van der Waals surface area contributed by atoms with E-state index in [4.69, 9.17) is 0 Å². The van der Waals surface area contributed by atoms with E-state index in [9.17, 15) is 9.59 Å². The second kappa shape index (κ2) is 15.7. The molecule has 0 aliphatic carbocycles. The molecule has 0 bridgehead atoms. The Morgan fingerprint density at radius 2 is 0.905 bits per heavy atom. The van der Waals surface area contributed by atoms with E-state index in [0.717, 1.165) is 44.9 Å². The van der Waals surface area contributed by atoms with Gasteiger partial charge in [0, 0.05) is 25.7 Å². The molecule has 2 heteroatoms. The topological polar surface area (TPSA) is 34.1 Å². The van der Waals surface area contributed by atoms with E-state index in [1.54, 1.807) is 0 Å². The van der Waals surface area contributed by atoms with Gasteiger partial charge in [-0.05, 0) is 19.3 Å². The van der Waals surface area contributed by atoms with Gasteiger partial charge in [-0.2, -0.15) is 0 Å². The first kappa shape index (κ1) is 20.3. The van der Waals surface area contributed by atoms with Crippen molar-refractivity contribution in [2.45, 2.75) is 110 Å². The molecule has 0 saturated carbocycles. The third kappa shape index (κ3) is 15.5. The number of hydrogen-bond donors (Lipinski definition) is 0. The molecule has 0 unspecified atom stereocenters. The number of hydrogen-bond acceptors (Lipinski definition) is 2. The van der Waals surface area contributed by atoms with E-state index in [1.165, 1.54) is 44.9 Å². The Morgan fingerprint density at radius 1 is 0.524 bits per heavy atom. The molecule has 0 N–H and O–H groups in total. The van der Waals surface area contributed by atoms with Gasteiger partial charge >= 0.3 is 0 Å². The van der Waals surface area contributed by atoms with Gasteiger partial charge in [-0.3, -0.25) is 9.59 Å². The summed E-state index contributed by atoms with van der Waals surface area (Å²) < 4.78 is 0. The molecule has 0 atom stereocenters. The molecular formula is C19H36O2. The van der Waals surface area contributed by atoms with Crippen LogP contribution < -0.4 is 0 Å². The zero-order valence-electron chi connectivity index (χ0n) is 14.4. The normalized spacial score (nSPS) is 10.8. The van der Waals surface area contributed by atoms with E-state index in [-0.39, 0.29) is 0 Å². The maximum absolute atomic E-state index is 11.7. The van der Waals surface area contributed by atoms with Crippen molar-refractivity contribution >= 4 is 11.6 Å². The molecule has 0 aromatic rings. The average molecular weight is 296 g/mol. The second-order valence-electron chi connectivity index (χ2n) is 6.22. The minimum Gasteiger partial charge on any atom is -0.300 e. The van der Waals surface area contributed by atoms with Crippen LogP contribution in [0.25, 0.3) is 0 Å². The molecule has 0 rings (SSSR count). The Kier molecular flexibility index (Phi) is 15.2. The predicted octanol–water partition coefficient (Wildman–Crippen LogP) is 6.02. The van der Waals surface area contributed by atoms with Crippen molar-refractivity contribution in [3.63, 3.8) is 0 Å². The smallest absolute Gasteiger partial charge is 0.132 e. The third-order valence-electron chi connectivity index (χ3n) is 4.11. The van der Waals surface area contributed by atoms with Crippen LogP contribution in [-0.4, -0.2) is 11.6 Å². The third-order valence-corrected chi connectivity index (χ3v) is 4.11. The first-order chi connectivity index (χ1) is 10.2. The SMILES string of the molecule is CCCCCCCC(=O)CCCCCCCCC(=O)CC. The van der Waals surface area contributed by atoms with E-state index in [2.05, 4.69) is 6.92 Å². The van der Waals surface area contributed by atoms with Gasteiger partial charge in [0.05, 0.1) is 0 Å². The lowest BCUT2D eigenvalue weighted by atomic mass is 10.0. The van der Waals surface area contributed by atoms with Crippen LogP contribution in [-0.2, 0) is 9.59 Å². The molecular weight excluding hydrogens is 260 g/mol. The van der Waals surface area contributed by atoms with Crippen LogP contribution in [0.3, 0.4) is 0 Å². The zero-order valence-corrected chi connectivity index (χ0v) is 14.4. The highest BCUT2D eigenvalue weighted by molar-refractivity contribution is 5.78. The average Bonchev–Trinajstić information content (AvgIpc) is 2.49. The van der Waals surface area contributed by atoms with Gasteiger partial charge in [0.15, 0.2) is 0 Å². The Bertz CT molecular complexity index is 258. The largest absolute Gasteiger partial charge is 0.300 e. The van der Waals surface area contributed by atoms with Crippen LogP contribution in [0.15, 0.2) is 0 Å². The molecule has 0 amide bonds. The van der Waals surface area contributed by atoms with Crippen molar-refractivity contribution in [1.29, 1.82) is 0 Å². The van der Waals surface area contributed by atoms with Gasteiger partial charge in [-0.25, -0.2) is 0 Å². The first-order valence-electron chi connectivity index (χ1n) is 9.24. The summed E-state index contributed by atoms with van der Waals surface area (Å²) in [6.07, 6.45) is 16.0. The highest BCUT2D eigenvalue weighted by Gasteiger charge is 2.02. The van der Waals surface area contributed by atoms with Crippen LogP contribution >= 0.6 is 0 Å². The predicted molar refractivity (Wildman–Crippen MR) is 90.6 cm³/mol. The fourth-order valence-corrected chi connectivity index (χ4v) is 2.58. The van der Waals surface area contributed by atoms with Crippen LogP contribution in [0.2, 0.25) is 0 Å². The molecule has 0 heterocycles. The highest BCUT2D eigenvalue weighted by Crippen LogP contribution is 2.11. The molecule has 0 aromatic carbocycles. The number of carbonyl (C=O) groups excluding carboxylic acids is 2. The molecule has 2 nitrogen and oxygen atoms in total. The Morgan fingerprint density at radius 3 is 1.33 bits per heavy atom. The van der Waals surface area contributed by atoms with Crippen molar-refractivity contribution in [2.24, 2.45) is 0 Å². The molecule has 0 spiro atoms. The van der Waals surface area contributed by atoms with Crippen molar-refractivity contribution in [1.82, 2.24) is 0 Å². The van der Waals surface area contributed by atoms with Gasteiger partial charge in [0.25, 0.3) is 0 Å². The standard InChI is InChI=1S/C19H36O2/c1-3-5-6-9-13-16-19(21)17-14-11-8-7-10-12-15-18(20)4-2/h3-17H2,1-2H3. The van der Waals surface area contributed by atoms with Crippen molar-refractivity contribution in [3.05, 3.63) is 0 Å². The van der Waals surface area contributed by atoms with Crippen LogP contribution in [0.1, 0.15) is 110 Å². The number of ketones is 2. The summed E-state index contributed by atoms with van der Waals surface area (Å²) in [7, 11) is 0. The van der Waals surface area contributed by atoms with Crippen molar-refractivity contribution in [3.8, 4) is 0 Å². The lowest BCUT2D eigenvalue weighted by Gasteiger charge is -2.03. The lowest BCUT2D eigenvalue weighted by Crippen LogP contribution is -1.97. The minimum absolute atomic E-state index is 0.388. The summed E-state index contributed by atoms with van der Waals surface area (Å²) >= 11 is 0. The molecule has 0 aliphatic heterocycles. The van der Waals surface area contributed by atoms with E-state index >= 15 is 0 Å². The molecule has 21 heavy (non-hydrogen) atoms. The summed E-state index contributed by atoms with van der Waals surface area (Å²) in [6.45, 7) is 4.15. The quantitative estimate of drug-likeness (QED) is 0.326. The van der Waals surface area contributed by atoms with E-state index < -0.39 is 0 Å². The van der Waals surface area contributed by atoms with Gasteiger partial charge < -0.3 is 0 Å². The molecule has 0 radical (unpaired) electrons. The lowest BCUT2D eigenvalue weighted by molar-refractivity contribution is -0.120. The number of unbranched alkanes of at least 4 members (excludes halogenated alkanes) is 9. The van der Waals surface area contributed by atoms with E-state index in [0.29, 0.717) is 18.0 Å². The fourth-order valence-electron chi connectivity index (χ4n) is 2.58. The maximum Gasteiger partial charge on any atom is 0.132 e. The van der Waals surface area contributed by atoms with Gasteiger partial charge in [-0.1, -0.05) is 65.2 Å². The summed E-state index contributed by atoms with van der Waals surface area (Å²) in [6, 6.07) is 0. The molecule has 0 fully saturated rings. The Hall–Kier alpha value is -0.660. The fraction of sp³-hybridized carbons (Fsp3) is 0.895. The van der Waals surface area contributed by atoms with Crippen LogP contribution in [0, 0.1) is 0 Å². The summed E-state index contributed by atoms with van der Waals surface area (Å²) in [5.74, 6) is 0.847. The van der Waals surface area contributed by atoms with Crippen molar-refractivity contribution in [2.75, 3.05) is 0 Å². The number of carbonyl (C=O) groups is 2. The van der Waals surface area contributed by atoms with Gasteiger partial charge in [0.1, 0.15) is 11.6 Å². The Balaban J connectivity index is 3.19. The number of Topliss-reactive ketones (excluding diaryl/α,β-unsaturated/α-hetero) is 2. The zero-order chi connectivity index (χ0) is 15.8. The summed E-state index contributed by atoms with van der Waals surface area (Å²) in [5, 5.41) is 0. The summed E-state index contributed by atoms with van der Waals surface area (Å²) in [4.78, 5) is 22.8. The monoisotopic (exact) mass is 296 g/mol. The van der Waals surface area contributed by atoms with Crippen LogP contribution in [0.5, 0.6) is 0 Å². The molecule has 0 saturated heterocycles. The highest BCUT2D eigenvalue weighted by atomic mass is 16.1. The van der Waals surface area contributed by atoms with Crippen molar-refractivity contribution < 1.29 is 9.59 Å².